The Morgan fingerprint density at radius 1 is 1.35 bits per heavy atom. The molecule has 1 aromatic heterocycles. The van der Waals surface area contributed by atoms with E-state index < -0.39 is 0 Å². The number of nitrogens with zero attached hydrogens (tertiary/aromatic N) is 1. The molecule has 0 bridgehead atoms. The van der Waals surface area contributed by atoms with E-state index in [1.807, 2.05) is 12.1 Å². The van der Waals surface area contributed by atoms with Gasteiger partial charge in [-0.2, -0.15) is 0 Å². The van der Waals surface area contributed by atoms with Crippen LogP contribution in [0.4, 0.5) is 5.82 Å². The average Bonchev–Trinajstić information content (AvgIpc) is 2.25. The summed E-state index contributed by atoms with van der Waals surface area (Å²) >= 11 is 0. The highest BCUT2D eigenvalue weighted by molar-refractivity contribution is 5.40. The summed E-state index contributed by atoms with van der Waals surface area (Å²) in [5, 5.41) is 3.26. The van der Waals surface area contributed by atoms with Crippen molar-refractivity contribution in [3.05, 3.63) is 18.3 Å². The highest BCUT2D eigenvalue weighted by atomic mass is 16.5. The van der Waals surface area contributed by atoms with E-state index in [1.54, 1.807) is 6.20 Å². The predicted octanol–water partition coefficient (Wildman–Crippen LogP) is 3.72. The van der Waals surface area contributed by atoms with E-state index in [4.69, 9.17) is 4.74 Å². The van der Waals surface area contributed by atoms with Crippen molar-refractivity contribution in [3.8, 4) is 5.75 Å². The lowest BCUT2D eigenvalue weighted by Gasteiger charge is -2.17. The van der Waals surface area contributed by atoms with Crippen molar-refractivity contribution in [2.75, 3.05) is 11.9 Å². The lowest BCUT2D eigenvalue weighted by atomic mass is 10.1. The van der Waals surface area contributed by atoms with Crippen molar-refractivity contribution in [3.63, 3.8) is 0 Å². The van der Waals surface area contributed by atoms with Gasteiger partial charge in [0.25, 0.3) is 0 Å². The lowest BCUT2D eigenvalue weighted by molar-refractivity contribution is 0.193. The zero-order chi connectivity index (χ0) is 12.7. The molecule has 0 saturated heterocycles. The summed E-state index contributed by atoms with van der Waals surface area (Å²) in [5.41, 5.74) is 0. The third-order valence-corrected chi connectivity index (χ3v) is 2.43. The Balaban J connectivity index is 2.52. The van der Waals surface area contributed by atoms with E-state index >= 15 is 0 Å². The SMILES string of the molecule is CCCNc1cc(OC(C)CC(C)C)ccn1. The van der Waals surface area contributed by atoms with Gasteiger partial charge >= 0.3 is 0 Å². The summed E-state index contributed by atoms with van der Waals surface area (Å²) < 4.78 is 5.87. The van der Waals surface area contributed by atoms with Crippen LogP contribution in [0.3, 0.4) is 0 Å². The van der Waals surface area contributed by atoms with Crippen LogP contribution in [0.5, 0.6) is 5.75 Å². The molecule has 0 aromatic carbocycles. The number of rotatable bonds is 7. The van der Waals surface area contributed by atoms with Gasteiger partial charge < -0.3 is 10.1 Å². The first kappa shape index (κ1) is 13.8. The largest absolute Gasteiger partial charge is 0.491 e. The summed E-state index contributed by atoms with van der Waals surface area (Å²) in [6.07, 6.45) is 4.20. The second-order valence-electron chi connectivity index (χ2n) is 4.86. The Hall–Kier alpha value is -1.25. The first-order valence-electron chi connectivity index (χ1n) is 6.48. The molecule has 0 aliphatic heterocycles. The second-order valence-corrected chi connectivity index (χ2v) is 4.86. The predicted molar refractivity (Wildman–Crippen MR) is 72.6 cm³/mol. The third-order valence-electron chi connectivity index (χ3n) is 2.43. The molecule has 0 spiro atoms. The van der Waals surface area contributed by atoms with Gasteiger partial charge in [-0.25, -0.2) is 4.98 Å². The molecule has 0 amide bonds. The van der Waals surface area contributed by atoms with Gasteiger partial charge in [0, 0.05) is 18.8 Å². The summed E-state index contributed by atoms with van der Waals surface area (Å²) in [6, 6.07) is 3.88. The Bertz CT molecular complexity index is 326. The van der Waals surface area contributed by atoms with Crippen molar-refractivity contribution in [1.29, 1.82) is 0 Å². The highest BCUT2D eigenvalue weighted by Crippen LogP contribution is 2.18. The summed E-state index contributed by atoms with van der Waals surface area (Å²) in [4.78, 5) is 4.25. The smallest absolute Gasteiger partial charge is 0.129 e. The van der Waals surface area contributed by atoms with Gasteiger partial charge in [0.1, 0.15) is 11.6 Å². The zero-order valence-corrected chi connectivity index (χ0v) is 11.4. The van der Waals surface area contributed by atoms with Gasteiger partial charge in [-0.1, -0.05) is 20.8 Å². The molecular weight excluding hydrogens is 212 g/mol. The Labute approximate surface area is 105 Å². The van der Waals surface area contributed by atoms with E-state index in [0.717, 1.165) is 31.0 Å². The molecule has 1 heterocycles. The quantitative estimate of drug-likeness (QED) is 0.783. The number of hydrogen-bond acceptors (Lipinski definition) is 3. The summed E-state index contributed by atoms with van der Waals surface area (Å²) in [6.45, 7) is 9.61. The first-order chi connectivity index (χ1) is 8.11. The minimum Gasteiger partial charge on any atom is -0.491 e. The number of anilines is 1. The maximum absolute atomic E-state index is 5.87. The topological polar surface area (TPSA) is 34.1 Å². The minimum absolute atomic E-state index is 0.247. The van der Waals surface area contributed by atoms with Crippen LogP contribution in [-0.2, 0) is 0 Å². The van der Waals surface area contributed by atoms with Crippen molar-refractivity contribution in [1.82, 2.24) is 4.98 Å². The van der Waals surface area contributed by atoms with Crippen LogP contribution in [0, 0.1) is 5.92 Å². The summed E-state index contributed by atoms with van der Waals surface area (Å²) in [5.74, 6) is 2.44. The molecule has 1 N–H and O–H groups in total. The Morgan fingerprint density at radius 2 is 2.12 bits per heavy atom. The lowest BCUT2D eigenvalue weighted by Crippen LogP contribution is -2.14. The molecule has 3 nitrogen and oxygen atoms in total. The van der Waals surface area contributed by atoms with Crippen molar-refractivity contribution in [2.45, 2.75) is 46.6 Å². The van der Waals surface area contributed by atoms with Crippen LogP contribution in [0.15, 0.2) is 18.3 Å². The van der Waals surface area contributed by atoms with Gasteiger partial charge in [0.2, 0.25) is 0 Å². The minimum atomic E-state index is 0.247. The normalized spacial score (nSPS) is 12.5. The van der Waals surface area contributed by atoms with Crippen LogP contribution < -0.4 is 10.1 Å². The van der Waals surface area contributed by atoms with E-state index in [2.05, 4.69) is 38.0 Å². The number of hydrogen-bond donors (Lipinski definition) is 1. The van der Waals surface area contributed by atoms with E-state index in [-0.39, 0.29) is 6.10 Å². The maximum atomic E-state index is 5.87. The number of pyridine rings is 1. The number of aromatic nitrogens is 1. The van der Waals surface area contributed by atoms with E-state index in [1.165, 1.54) is 0 Å². The summed E-state index contributed by atoms with van der Waals surface area (Å²) in [7, 11) is 0. The molecule has 1 aromatic rings. The van der Waals surface area contributed by atoms with Gasteiger partial charge in [-0.05, 0) is 31.7 Å². The van der Waals surface area contributed by atoms with Crippen LogP contribution >= 0.6 is 0 Å². The number of ether oxygens (including phenoxy) is 1. The van der Waals surface area contributed by atoms with Gasteiger partial charge in [0.15, 0.2) is 0 Å². The molecule has 0 fully saturated rings. The molecule has 96 valence electrons. The van der Waals surface area contributed by atoms with Gasteiger partial charge in [-0.3, -0.25) is 0 Å². The molecule has 0 radical (unpaired) electrons. The van der Waals surface area contributed by atoms with Gasteiger partial charge in [0.05, 0.1) is 6.10 Å². The van der Waals surface area contributed by atoms with Crippen LogP contribution in [0.1, 0.15) is 40.5 Å². The fourth-order valence-electron chi connectivity index (χ4n) is 1.78. The van der Waals surface area contributed by atoms with Crippen molar-refractivity contribution < 1.29 is 4.74 Å². The first-order valence-corrected chi connectivity index (χ1v) is 6.48. The fourth-order valence-corrected chi connectivity index (χ4v) is 1.78. The number of nitrogens with one attached hydrogen (secondary N) is 1. The second kappa shape index (κ2) is 7.15. The monoisotopic (exact) mass is 236 g/mol. The van der Waals surface area contributed by atoms with E-state index in [0.29, 0.717) is 5.92 Å². The highest BCUT2D eigenvalue weighted by Gasteiger charge is 2.07. The standard InChI is InChI=1S/C14H24N2O/c1-5-7-15-14-10-13(6-8-16-14)17-12(4)9-11(2)3/h6,8,10-12H,5,7,9H2,1-4H3,(H,15,16). The Kier molecular flexibility index (Phi) is 5.81. The maximum Gasteiger partial charge on any atom is 0.129 e. The van der Waals surface area contributed by atoms with Crippen LogP contribution in [0.25, 0.3) is 0 Å². The van der Waals surface area contributed by atoms with Crippen LogP contribution in [-0.4, -0.2) is 17.6 Å². The molecule has 1 atom stereocenters. The van der Waals surface area contributed by atoms with Crippen LogP contribution in [0.2, 0.25) is 0 Å². The molecule has 1 rings (SSSR count). The molecule has 1 unspecified atom stereocenters. The average molecular weight is 236 g/mol. The molecule has 0 aliphatic rings. The van der Waals surface area contributed by atoms with Crippen molar-refractivity contribution >= 4 is 5.82 Å². The molecule has 0 saturated carbocycles. The molecule has 0 aliphatic carbocycles. The fraction of sp³-hybridized carbons (Fsp3) is 0.643. The molecule has 3 heteroatoms. The molecule has 17 heavy (non-hydrogen) atoms. The van der Waals surface area contributed by atoms with Crippen molar-refractivity contribution in [2.24, 2.45) is 5.92 Å². The zero-order valence-electron chi connectivity index (χ0n) is 11.4. The molecular formula is C14H24N2O. The Morgan fingerprint density at radius 3 is 2.76 bits per heavy atom. The van der Waals surface area contributed by atoms with Gasteiger partial charge in [-0.15, -0.1) is 0 Å². The van der Waals surface area contributed by atoms with E-state index in [9.17, 15) is 0 Å². The third kappa shape index (κ3) is 5.57.